The summed E-state index contributed by atoms with van der Waals surface area (Å²) in [6, 6.07) is 6.87. The minimum Gasteiger partial charge on any atom is -0.497 e. The van der Waals surface area contributed by atoms with Gasteiger partial charge in [-0.15, -0.1) is 0 Å². The van der Waals surface area contributed by atoms with E-state index < -0.39 is 6.03 Å². The number of carbonyl (C=O) groups excluding carboxylic acids is 1. The van der Waals surface area contributed by atoms with Crippen molar-refractivity contribution in [2.45, 2.75) is 13.8 Å². The number of methoxy groups -OCH3 is 1. The zero-order chi connectivity index (χ0) is 12.1. The molecule has 0 bridgehead atoms. The topological polar surface area (TPSA) is 55.6 Å². The van der Waals surface area contributed by atoms with Gasteiger partial charge in [0.2, 0.25) is 0 Å². The van der Waals surface area contributed by atoms with Crippen LogP contribution in [0.15, 0.2) is 24.3 Å². The molecule has 0 aliphatic rings. The first kappa shape index (κ1) is 12.4. The molecule has 2 N–H and O–H groups in total. The number of primary amides is 1. The Morgan fingerprint density at radius 2 is 2.25 bits per heavy atom. The number of urea groups is 1. The maximum atomic E-state index is 11.3. The number of carbonyl (C=O) groups is 1. The van der Waals surface area contributed by atoms with Gasteiger partial charge >= 0.3 is 7.46 Å². The number of anilines is 1. The Kier molecular flexibility index (Phi) is 4.17. The Morgan fingerprint density at radius 3 is 2.75 bits per heavy atom. The van der Waals surface area contributed by atoms with Crippen molar-refractivity contribution >= 4 is 11.7 Å². The molecular formula is C12H19N2O2+. The summed E-state index contributed by atoms with van der Waals surface area (Å²) in [7, 11) is 1.59. The zero-order valence-electron chi connectivity index (χ0n) is 10.9. The van der Waals surface area contributed by atoms with Crippen LogP contribution in [0.1, 0.15) is 15.3 Å². The summed E-state index contributed by atoms with van der Waals surface area (Å²) < 4.78 is 5.11. The molecule has 16 heavy (non-hydrogen) atoms. The van der Waals surface area contributed by atoms with E-state index >= 15 is 0 Å². The maximum Gasteiger partial charge on any atom is 1.00 e. The number of nitrogens with zero attached hydrogens (tertiary/aromatic N) is 1. The smallest absolute Gasteiger partial charge is 0.497 e. The van der Waals surface area contributed by atoms with Crippen LogP contribution in [0.5, 0.6) is 5.75 Å². The number of benzene rings is 1. The SMILES string of the molecule is COc1cccc(N(CC(C)C)C(N)=O)c1.[H+]. The molecule has 0 saturated carbocycles. The third kappa shape index (κ3) is 3.15. The average Bonchev–Trinajstić information content (AvgIpc) is 2.25. The Morgan fingerprint density at radius 1 is 1.56 bits per heavy atom. The van der Waals surface area contributed by atoms with Crippen LogP contribution in [0.2, 0.25) is 0 Å². The van der Waals surface area contributed by atoms with E-state index in [-0.39, 0.29) is 1.43 Å². The van der Waals surface area contributed by atoms with Crippen molar-refractivity contribution in [1.29, 1.82) is 0 Å². The number of hydrogen-bond donors (Lipinski definition) is 1. The number of nitrogens with two attached hydrogens (primary N) is 1. The lowest BCUT2D eigenvalue weighted by atomic mass is 10.2. The minimum absolute atomic E-state index is 0. The fourth-order valence-corrected chi connectivity index (χ4v) is 1.47. The van der Waals surface area contributed by atoms with Crippen molar-refractivity contribution in [3.05, 3.63) is 24.3 Å². The minimum atomic E-state index is -0.443. The summed E-state index contributed by atoms with van der Waals surface area (Å²) in [6.07, 6.45) is 0. The molecule has 4 nitrogen and oxygen atoms in total. The van der Waals surface area contributed by atoms with Gasteiger partial charge in [0, 0.05) is 18.3 Å². The molecule has 4 heteroatoms. The number of ether oxygens (including phenoxy) is 1. The first-order chi connectivity index (χ1) is 7.54. The average molecular weight is 223 g/mol. The summed E-state index contributed by atoms with van der Waals surface area (Å²) in [5.41, 5.74) is 6.12. The highest BCUT2D eigenvalue weighted by molar-refractivity contribution is 5.90. The van der Waals surface area contributed by atoms with Gasteiger partial charge in [-0.2, -0.15) is 0 Å². The summed E-state index contributed by atoms with van der Waals surface area (Å²) >= 11 is 0. The predicted octanol–water partition coefficient (Wildman–Crippen LogP) is 2.35. The molecule has 0 atom stereocenters. The van der Waals surface area contributed by atoms with E-state index in [1.54, 1.807) is 18.1 Å². The van der Waals surface area contributed by atoms with Gasteiger partial charge in [0.25, 0.3) is 0 Å². The van der Waals surface area contributed by atoms with Gasteiger partial charge in [0.05, 0.1) is 7.11 Å². The molecule has 0 unspecified atom stereocenters. The van der Waals surface area contributed by atoms with Crippen molar-refractivity contribution in [3.63, 3.8) is 0 Å². The summed E-state index contributed by atoms with van der Waals surface area (Å²) in [6.45, 7) is 4.68. The number of amides is 2. The monoisotopic (exact) mass is 223 g/mol. The first-order valence-electron chi connectivity index (χ1n) is 5.25. The normalized spacial score (nSPS) is 10.2. The quantitative estimate of drug-likeness (QED) is 0.851. The molecule has 0 spiro atoms. The molecule has 0 saturated heterocycles. The van der Waals surface area contributed by atoms with Gasteiger partial charge in [-0.05, 0) is 18.1 Å². The fourth-order valence-electron chi connectivity index (χ4n) is 1.47. The summed E-state index contributed by atoms with van der Waals surface area (Å²) in [5, 5.41) is 0. The van der Waals surface area contributed by atoms with Crippen LogP contribution in [0.3, 0.4) is 0 Å². The standard InChI is InChI=1S/C12H18N2O2/c1-9(2)8-14(12(13)15)10-5-4-6-11(7-10)16-3/h4-7,9H,8H2,1-3H3,(H2,13,15)/p+1. The molecule has 0 heterocycles. The third-order valence-corrected chi connectivity index (χ3v) is 2.18. The van der Waals surface area contributed by atoms with Crippen molar-refractivity contribution in [2.75, 3.05) is 18.6 Å². The second kappa shape index (κ2) is 5.39. The van der Waals surface area contributed by atoms with Crippen LogP contribution in [0, 0.1) is 5.92 Å². The lowest BCUT2D eigenvalue weighted by Gasteiger charge is -2.22. The van der Waals surface area contributed by atoms with Gasteiger partial charge in [0.1, 0.15) is 5.75 Å². The molecule has 0 radical (unpaired) electrons. The van der Waals surface area contributed by atoms with Gasteiger partial charge in [-0.1, -0.05) is 19.9 Å². The second-order valence-electron chi connectivity index (χ2n) is 4.04. The van der Waals surface area contributed by atoms with Crippen molar-refractivity contribution in [1.82, 2.24) is 0 Å². The Bertz CT molecular complexity index is 369. The lowest BCUT2D eigenvalue weighted by Crippen LogP contribution is -2.38. The van der Waals surface area contributed by atoms with Crippen molar-refractivity contribution in [3.8, 4) is 5.75 Å². The van der Waals surface area contributed by atoms with Crippen LogP contribution in [0.4, 0.5) is 10.5 Å². The molecule has 0 aromatic heterocycles. The zero-order valence-corrected chi connectivity index (χ0v) is 9.93. The van der Waals surface area contributed by atoms with Crippen LogP contribution < -0.4 is 15.4 Å². The van der Waals surface area contributed by atoms with Gasteiger partial charge < -0.3 is 10.5 Å². The van der Waals surface area contributed by atoms with E-state index in [4.69, 9.17) is 10.5 Å². The highest BCUT2D eigenvalue weighted by Crippen LogP contribution is 2.21. The van der Waals surface area contributed by atoms with Crippen LogP contribution >= 0.6 is 0 Å². The maximum absolute atomic E-state index is 11.3. The van der Waals surface area contributed by atoms with Crippen LogP contribution in [-0.2, 0) is 0 Å². The number of hydrogen-bond acceptors (Lipinski definition) is 2. The lowest BCUT2D eigenvalue weighted by molar-refractivity contribution is 0.253. The van der Waals surface area contributed by atoms with Crippen LogP contribution in [-0.4, -0.2) is 19.7 Å². The van der Waals surface area contributed by atoms with Gasteiger partial charge in [-0.25, -0.2) is 4.79 Å². The highest BCUT2D eigenvalue weighted by atomic mass is 16.5. The predicted molar refractivity (Wildman–Crippen MR) is 65.9 cm³/mol. The largest absolute Gasteiger partial charge is 1.00 e. The molecule has 0 fully saturated rings. The van der Waals surface area contributed by atoms with E-state index in [0.29, 0.717) is 18.2 Å². The summed E-state index contributed by atoms with van der Waals surface area (Å²) in [4.78, 5) is 12.9. The highest BCUT2D eigenvalue weighted by Gasteiger charge is 2.14. The Hall–Kier alpha value is -1.71. The Balaban J connectivity index is 0.00000256. The molecule has 2 amide bonds. The first-order valence-corrected chi connectivity index (χ1v) is 5.25. The van der Waals surface area contributed by atoms with Gasteiger partial charge in [-0.3, -0.25) is 4.90 Å². The molecule has 0 aliphatic heterocycles. The third-order valence-electron chi connectivity index (χ3n) is 2.18. The van der Waals surface area contributed by atoms with Gasteiger partial charge in [0.15, 0.2) is 0 Å². The van der Waals surface area contributed by atoms with Crippen molar-refractivity contribution < 1.29 is 11.0 Å². The summed E-state index contributed by atoms with van der Waals surface area (Å²) in [5.74, 6) is 1.08. The molecule has 88 valence electrons. The molecular weight excluding hydrogens is 204 g/mol. The number of rotatable bonds is 4. The van der Waals surface area contributed by atoms with E-state index in [2.05, 4.69) is 0 Å². The molecule has 1 aromatic rings. The molecule has 0 aliphatic carbocycles. The van der Waals surface area contributed by atoms with E-state index in [1.165, 1.54) is 0 Å². The fraction of sp³-hybridized carbons (Fsp3) is 0.417. The Labute approximate surface area is 97.5 Å². The van der Waals surface area contributed by atoms with Crippen molar-refractivity contribution in [2.24, 2.45) is 11.7 Å². The second-order valence-corrected chi connectivity index (χ2v) is 4.04. The van der Waals surface area contributed by atoms with Crippen LogP contribution in [0.25, 0.3) is 0 Å². The molecule has 1 aromatic carbocycles. The molecule has 1 rings (SSSR count). The van der Waals surface area contributed by atoms with E-state index in [9.17, 15) is 4.79 Å². The van der Waals surface area contributed by atoms with E-state index in [1.807, 2.05) is 32.0 Å². The van der Waals surface area contributed by atoms with E-state index in [0.717, 1.165) is 5.69 Å².